The van der Waals surface area contributed by atoms with Gasteiger partial charge < -0.3 is 4.57 Å². The number of hydrogen-bond acceptors (Lipinski definition) is 3. The van der Waals surface area contributed by atoms with E-state index >= 15 is 0 Å². The van der Waals surface area contributed by atoms with Crippen LogP contribution < -0.4 is 15.9 Å². The smallest absolute Gasteiger partial charge is 0.171 e. The van der Waals surface area contributed by atoms with E-state index in [4.69, 9.17) is 0 Å². The Balaban J connectivity index is 1.37. The van der Waals surface area contributed by atoms with E-state index < -0.39 is 7.14 Å². The van der Waals surface area contributed by atoms with Crippen LogP contribution in [0.4, 0.5) is 0 Å². The first-order valence-corrected chi connectivity index (χ1v) is 14.5. The molecule has 6 rings (SSSR count). The lowest BCUT2D eigenvalue weighted by Crippen LogP contribution is -2.24. The van der Waals surface area contributed by atoms with Crippen molar-refractivity contribution in [2.24, 2.45) is 0 Å². The summed E-state index contributed by atoms with van der Waals surface area (Å²) in [5.41, 5.74) is 2.30. The zero-order valence-electron chi connectivity index (χ0n) is 18.3. The minimum absolute atomic E-state index is 0.852. The van der Waals surface area contributed by atoms with Crippen molar-refractivity contribution < 1.29 is 4.57 Å². The van der Waals surface area contributed by atoms with Crippen LogP contribution in [0.3, 0.4) is 0 Å². The first-order chi connectivity index (χ1) is 16.7. The third-order valence-electron chi connectivity index (χ3n) is 6.04. The molecule has 0 amide bonds. The van der Waals surface area contributed by atoms with Crippen LogP contribution in [0, 0.1) is 0 Å². The minimum atomic E-state index is -2.95. The van der Waals surface area contributed by atoms with Crippen molar-refractivity contribution in [3.05, 3.63) is 127 Å². The van der Waals surface area contributed by atoms with Crippen molar-refractivity contribution in [3.63, 3.8) is 0 Å². The Morgan fingerprint density at radius 3 is 1.44 bits per heavy atom. The molecule has 4 heteroatoms. The highest BCUT2D eigenvalue weighted by molar-refractivity contribution is 8.05. The number of hydrogen-bond donors (Lipinski definition) is 0. The highest BCUT2D eigenvalue weighted by Crippen LogP contribution is 2.49. The summed E-state index contributed by atoms with van der Waals surface area (Å²) in [7, 11) is -2.95. The molecule has 0 radical (unpaired) electrons. The van der Waals surface area contributed by atoms with Crippen molar-refractivity contribution in [3.8, 4) is 11.1 Å². The molecule has 0 bridgehead atoms. The molecule has 5 aromatic carbocycles. The zero-order chi connectivity index (χ0) is 23.0. The van der Waals surface area contributed by atoms with Crippen molar-refractivity contribution in [2.75, 3.05) is 0 Å². The molecular weight excluding hydrogens is 471 g/mol. The van der Waals surface area contributed by atoms with Gasteiger partial charge in [0, 0.05) is 35.5 Å². The Bertz CT molecular complexity index is 1470. The number of fused-ring (bicyclic) bond motifs is 2. The van der Waals surface area contributed by atoms with Crippen molar-refractivity contribution in [1.29, 1.82) is 0 Å². The lowest BCUT2D eigenvalue weighted by molar-refractivity contribution is 0.592. The molecule has 0 N–H and O–H groups in total. The van der Waals surface area contributed by atoms with Crippen LogP contribution in [0.1, 0.15) is 0 Å². The van der Waals surface area contributed by atoms with Crippen LogP contribution >= 0.6 is 30.7 Å². The minimum Gasteiger partial charge on any atom is -0.309 e. The van der Waals surface area contributed by atoms with E-state index in [1.165, 1.54) is 25.1 Å². The van der Waals surface area contributed by atoms with Gasteiger partial charge in [-0.05, 0) is 35.4 Å². The molecule has 1 heterocycles. The fourth-order valence-corrected chi connectivity index (χ4v) is 9.20. The van der Waals surface area contributed by atoms with Gasteiger partial charge in [-0.25, -0.2) is 0 Å². The van der Waals surface area contributed by atoms with Gasteiger partial charge in [0.2, 0.25) is 0 Å². The van der Waals surface area contributed by atoms with Gasteiger partial charge in [-0.15, -0.1) is 0 Å². The molecule has 5 aromatic rings. The molecule has 0 saturated carbocycles. The van der Waals surface area contributed by atoms with Gasteiger partial charge in [-0.2, -0.15) is 0 Å². The molecule has 164 valence electrons. The van der Waals surface area contributed by atoms with Crippen LogP contribution in [-0.2, 0) is 4.57 Å². The molecule has 0 atom stereocenters. The molecule has 34 heavy (non-hydrogen) atoms. The van der Waals surface area contributed by atoms with Crippen LogP contribution in [0.25, 0.3) is 11.1 Å². The third kappa shape index (κ3) is 3.84. The van der Waals surface area contributed by atoms with Crippen molar-refractivity contribution in [1.82, 2.24) is 0 Å². The maximum absolute atomic E-state index is 14.6. The molecule has 0 aliphatic carbocycles. The molecule has 0 saturated heterocycles. The molecule has 0 aromatic heterocycles. The summed E-state index contributed by atoms with van der Waals surface area (Å²) < 4.78 is 14.6. The van der Waals surface area contributed by atoms with E-state index in [0.717, 1.165) is 21.5 Å². The van der Waals surface area contributed by atoms with Gasteiger partial charge in [-0.1, -0.05) is 127 Å². The summed E-state index contributed by atoms with van der Waals surface area (Å²) >= 11 is 3.66. The maximum Gasteiger partial charge on any atom is 0.171 e. The molecular formula is C30H21OPS2. The van der Waals surface area contributed by atoms with E-state index in [2.05, 4.69) is 54.6 Å². The van der Waals surface area contributed by atoms with Crippen LogP contribution in [-0.4, -0.2) is 0 Å². The predicted molar refractivity (Wildman–Crippen MR) is 146 cm³/mol. The standard InChI is InChI=1S/C30H21OPS2/c31-32(24-9-3-1-4-10-24,25-11-5-2-6-12-25)26-18-15-22(16-19-26)23-17-20-29-30(21-23)34-28-14-8-7-13-27(28)33-29/h1-21H. The number of rotatable bonds is 4. The average molecular weight is 493 g/mol. The van der Waals surface area contributed by atoms with E-state index in [9.17, 15) is 4.57 Å². The van der Waals surface area contributed by atoms with Crippen LogP contribution in [0.5, 0.6) is 0 Å². The van der Waals surface area contributed by atoms with Crippen molar-refractivity contribution in [2.45, 2.75) is 19.6 Å². The van der Waals surface area contributed by atoms with E-state index in [0.29, 0.717) is 0 Å². The monoisotopic (exact) mass is 492 g/mol. The molecule has 1 aliphatic rings. The van der Waals surface area contributed by atoms with E-state index in [1.807, 2.05) is 96.3 Å². The van der Waals surface area contributed by atoms with Gasteiger partial charge in [0.1, 0.15) is 0 Å². The maximum atomic E-state index is 14.6. The summed E-state index contributed by atoms with van der Waals surface area (Å²) in [6.45, 7) is 0. The van der Waals surface area contributed by atoms with E-state index in [1.54, 1.807) is 0 Å². The Morgan fingerprint density at radius 2 is 0.853 bits per heavy atom. The Hall–Kier alpha value is -2.97. The second kappa shape index (κ2) is 9.00. The second-order valence-corrected chi connectivity index (χ2v) is 13.1. The summed E-state index contributed by atoms with van der Waals surface area (Å²) in [5.74, 6) is 0. The Morgan fingerprint density at radius 1 is 0.412 bits per heavy atom. The average Bonchev–Trinajstić information content (AvgIpc) is 2.92. The lowest BCUT2D eigenvalue weighted by Gasteiger charge is -2.21. The molecule has 1 aliphatic heterocycles. The molecule has 0 fully saturated rings. The topological polar surface area (TPSA) is 17.1 Å². The summed E-state index contributed by atoms with van der Waals surface area (Å²) in [6, 6.07) is 43.1. The predicted octanol–water partition coefficient (Wildman–Crippen LogP) is 7.61. The van der Waals surface area contributed by atoms with Crippen molar-refractivity contribution >= 4 is 46.6 Å². The first kappa shape index (κ1) is 21.6. The third-order valence-corrected chi connectivity index (χ3v) is 11.7. The second-order valence-electron chi connectivity index (χ2n) is 8.14. The Kier molecular flexibility index (Phi) is 5.71. The lowest BCUT2D eigenvalue weighted by atomic mass is 10.1. The molecule has 0 unspecified atom stereocenters. The van der Waals surface area contributed by atoms with E-state index in [-0.39, 0.29) is 0 Å². The largest absolute Gasteiger partial charge is 0.309 e. The summed E-state index contributed by atoms with van der Waals surface area (Å²) in [4.78, 5) is 5.19. The summed E-state index contributed by atoms with van der Waals surface area (Å²) in [5, 5.41) is 2.56. The van der Waals surface area contributed by atoms with Gasteiger partial charge in [-0.3, -0.25) is 0 Å². The van der Waals surface area contributed by atoms with Gasteiger partial charge >= 0.3 is 0 Å². The Labute approximate surface area is 208 Å². The van der Waals surface area contributed by atoms with Gasteiger partial charge in [0.25, 0.3) is 0 Å². The molecule has 0 spiro atoms. The highest BCUT2D eigenvalue weighted by Gasteiger charge is 2.29. The van der Waals surface area contributed by atoms with Gasteiger partial charge in [0.05, 0.1) is 0 Å². The zero-order valence-corrected chi connectivity index (χ0v) is 20.8. The number of benzene rings is 5. The first-order valence-electron chi connectivity index (χ1n) is 11.1. The highest BCUT2D eigenvalue weighted by atomic mass is 32.2. The quantitative estimate of drug-likeness (QED) is 0.236. The SMILES string of the molecule is O=P(c1ccccc1)(c1ccccc1)c1ccc(-c2ccc3c(c2)Sc2ccccc2S3)cc1. The normalized spacial score (nSPS) is 12.6. The van der Waals surface area contributed by atoms with Crippen LogP contribution in [0.15, 0.2) is 147 Å². The fraction of sp³-hybridized carbons (Fsp3) is 0. The fourth-order valence-electron chi connectivity index (χ4n) is 4.29. The van der Waals surface area contributed by atoms with Crippen LogP contribution in [0.2, 0.25) is 0 Å². The molecule has 1 nitrogen and oxygen atoms in total. The summed E-state index contributed by atoms with van der Waals surface area (Å²) in [6.07, 6.45) is 0. The van der Waals surface area contributed by atoms with Gasteiger partial charge in [0.15, 0.2) is 7.14 Å².